The highest BCUT2D eigenvalue weighted by Crippen LogP contribution is 2.37. The molecule has 4 nitrogen and oxygen atoms in total. The number of nitrogens with zero attached hydrogens (tertiary/aromatic N) is 1. The number of hydrogen-bond donors (Lipinski definition) is 1. The van der Waals surface area contributed by atoms with E-state index in [0.29, 0.717) is 23.8 Å². The van der Waals surface area contributed by atoms with Crippen LogP contribution in [0.1, 0.15) is 51.2 Å². The first kappa shape index (κ1) is 16.9. The first-order valence-corrected chi connectivity index (χ1v) is 9.75. The van der Waals surface area contributed by atoms with Crippen LogP contribution in [0.3, 0.4) is 0 Å². The molecule has 1 amide bonds. The molecule has 0 aromatic heterocycles. The number of nitrogens with one attached hydrogen (secondary N) is 1. The van der Waals surface area contributed by atoms with Crippen molar-refractivity contribution in [2.75, 3.05) is 13.1 Å². The van der Waals surface area contributed by atoms with Crippen LogP contribution in [-0.2, 0) is 17.8 Å². The number of hydrogen-bond acceptors (Lipinski definition) is 3. The molecule has 2 atom stereocenters. The molecule has 1 saturated carbocycles. The van der Waals surface area contributed by atoms with Crippen LogP contribution in [-0.4, -0.2) is 35.5 Å². The molecule has 0 spiro atoms. The van der Waals surface area contributed by atoms with Crippen LogP contribution < -0.4 is 10.1 Å². The Morgan fingerprint density at radius 1 is 1.32 bits per heavy atom. The second kappa shape index (κ2) is 6.31. The minimum atomic E-state index is -0.0970. The van der Waals surface area contributed by atoms with Gasteiger partial charge in [0, 0.05) is 43.6 Å². The highest BCUT2D eigenvalue weighted by molar-refractivity contribution is 5.81. The molecule has 4 heteroatoms. The summed E-state index contributed by atoms with van der Waals surface area (Å²) in [6, 6.07) is 6.96. The van der Waals surface area contributed by atoms with E-state index in [1.54, 1.807) is 0 Å². The summed E-state index contributed by atoms with van der Waals surface area (Å²) in [5.74, 6) is 2.30. The number of carbonyl (C=O) groups excluding carboxylic acids is 1. The average molecular weight is 342 g/mol. The van der Waals surface area contributed by atoms with Gasteiger partial charge in [0.25, 0.3) is 0 Å². The van der Waals surface area contributed by atoms with E-state index < -0.39 is 0 Å². The summed E-state index contributed by atoms with van der Waals surface area (Å²) in [6.45, 7) is 9.19. The van der Waals surface area contributed by atoms with Gasteiger partial charge in [-0.3, -0.25) is 4.79 Å². The topological polar surface area (TPSA) is 41.6 Å². The van der Waals surface area contributed by atoms with Crippen LogP contribution in [0, 0.1) is 11.8 Å². The van der Waals surface area contributed by atoms with Crippen molar-refractivity contribution < 1.29 is 9.53 Å². The lowest BCUT2D eigenvalue weighted by Crippen LogP contribution is -2.50. The van der Waals surface area contributed by atoms with Crippen molar-refractivity contribution in [3.05, 3.63) is 29.3 Å². The fraction of sp³-hybridized carbons (Fsp3) is 0.667. The van der Waals surface area contributed by atoms with Gasteiger partial charge >= 0.3 is 0 Å². The summed E-state index contributed by atoms with van der Waals surface area (Å²) in [7, 11) is 0. The van der Waals surface area contributed by atoms with E-state index in [0.717, 1.165) is 51.1 Å². The monoisotopic (exact) mass is 342 g/mol. The normalized spacial score (nSPS) is 27.7. The smallest absolute Gasteiger partial charge is 0.225 e. The van der Waals surface area contributed by atoms with E-state index >= 15 is 0 Å². The molecule has 2 aliphatic heterocycles. The molecule has 1 aromatic carbocycles. The van der Waals surface area contributed by atoms with E-state index in [1.165, 1.54) is 11.1 Å². The van der Waals surface area contributed by atoms with E-state index in [9.17, 15) is 4.79 Å². The van der Waals surface area contributed by atoms with Crippen molar-refractivity contribution in [3.63, 3.8) is 0 Å². The summed E-state index contributed by atoms with van der Waals surface area (Å²) in [6.07, 6.45) is 4.22. The van der Waals surface area contributed by atoms with Gasteiger partial charge in [-0.25, -0.2) is 0 Å². The molecule has 4 rings (SSSR count). The second-order valence-electron chi connectivity index (χ2n) is 8.76. The Bertz CT molecular complexity index is 666. The van der Waals surface area contributed by atoms with E-state index in [1.807, 2.05) is 0 Å². The van der Waals surface area contributed by atoms with Gasteiger partial charge in [0.05, 0.1) is 0 Å². The fourth-order valence-electron chi connectivity index (χ4n) is 4.30. The zero-order valence-corrected chi connectivity index (χ0v) is 15.7. The maximum atomic E-state index is 12.3. The molecule has 3 aliphatic rings. The molecule has 1 saturated heterocycles. The minimum Gasteiger partial charge on any atom is -0.487 e. The SMILES string of the molecule is CC1CN(C(=O)C2CC2)CCC1NCc1cccc2c1OC(C)(C)C2. The van der Waals surface area contributed by atoms with Crippen molar-refractivity contribution in [2.45, 2.75) is 64.6 Å². The first-order chi connectivity index (χ1) is 11.9. The Morgan fingerprint density at radius 2 is 2.12 bits per heavy atom. The Kier molecular flexibility index (Phi) is 4.27. The van der Waals surface area contributed by atoms with Gasteiger partial charge in [-0.05, 0) is 44.6 Å². The van der Waals surface area contributed by atoms with E-state index in [2.05, 4.69) is 49.2 Å². The number of amides is 1. The number of rotatable bonds is 4. The second-order valence-corrected chi connectivity index (χ2v) is 8.76. The number of para-hydroxylation sites is 1. The summed E-state index contributed by atoms with van der Waals surface area (Å²) >= 11 is 0. The van der Waals surface area contributed by atoms with Crippen LogP contribution in [0.25, 0.3) is 0 Å². The van der Waals surface area contributed by atoms with Gasteiger partial charge in [0.1, 0.15) is 11.4 Å². The van der Waals surface area contributed by atoms with E-state index in [-0.39, 0.29) is 5.60 Å². The number of ether oxygens (including phenoxy) is 1. The van der Waals surface area contributed by atoms with Gasteiger partial charge in [-0.2, -0.15) is 0 Å². The molecular formula is C21H30N2O2. The third kappa shape index (κ3) is 3.55. The molecule has 2 heterocycles. The number of likely N-dealkylation sites (tertiary alicyclic amines) is 1. The Labute approximate surface area is 150 Å². The van der Waals surface area contributed by atoms with Crippen LogP contribution in [0.4, 0.5) is 0 Å². The highest BCUT2D eigenvalue weighted by atomic mass is 16.5. The molecule has 25 heavy (non-hydrogen) atoms. The molecule has 0 bridgehead atoms. The Morgan fingerprint density at radius 3 is 2.84 bits per heavy atom. The predicted molar refractivity (Wildman–Crippen MR) is 98.6 cm³/mol. The van der Waals surface area contributed by atoms with Crippen molar-refractivity contribution in [1.29, 1.82) is 0 Å². The molecule has 1 N–H and O–H groups in total. The quantitative estimate of drug-likeness (QED) is 0.914. The number of carbonyl (C=O) groups is 1. The Hall–Kier alpha value is -1.55. The largest absolute Gasteiger partial charge is 0.487 e. The lowest BCUT2D eigenvalue weighted by atomic mass is 9.93. The van der Waals surface area contributed by atoms with Gasteiger partial charge in [-0.15, -0.1) is 0 Å². The maximum Gasteiger partial charge on any atom is 0.225 e. The molecule has 1 aromatic rings. The third-order valence-corrected chi connectivity index (χ3v) is 5.87. The molecule has 1 aliphatic carbocycles. The van der Waals surface area contributed by atoms with Gasteiger partial charge in [-0.1, -0.05) is 25.1 Å². The molecule has 136 valence electrons. The summed E-state index contributed by atoms with van der Waals surface area (Å²) in [5.41, 5.74) is 2.48. The van der Waals surface area contributed by atoms with Gasteiger partial charge < -0.3 is 15.0 Å². The summed E-state index contributed by atoms with van der Waals surface area (Å²) in [4.78, 5) is 14.4. The van der Waals surface area contributed by atoms with Crippen molar-refractivity contribution in [2.24, 2.45) is 11.8 Å². The molecule has 0 radical (unpaired) electrons. The Balaban J connectivity index is 1.35. The minimum absolute atomic E-state index is 0.0970. The van der Waals surface area contributed by atoms with E-state index in [4.69, 9.17) is 4.74 Å². The maximum absolute atomic E-state index is 12.3. The standard InChI is InChI=1S/C21H30N2O2/c1-14-13-23(20(24)15-7-8-15)10-9-18(14)22-12-17-6-4-5-16-11-21(2,3)25-19(16)17/h4-6,14-15,18,22H,7-13H2,1-3H3. The molecular weight excluding hydrogens is 312 g/mol. The third-order valence-electron chi connectivity index (χ3n) is 5.87. The first-order valence-electron chi connectivity index (χ1n) is 9.75. The lowest BCUT2D eigenvalue weighted by molar-refractivity contribution is -0.134. The fourth-order valence-corrected chi connectivity index (χ4v) is 4.30. The lowest BCUT2D eigenvalue weighted by Gasteiger charge is -2.37. The summed E-state index contributed by atoms with van der Waals surface area (Å²) < 4.78 is 6.18. The van der Waals surface area contributed by atoms with Gasteiger partial charge in [0.15, 0.2) is 0 Å². The van der Waals surface area contributed by atoms with Crippen LogP contribution in [0.15, 0.2) is 18.2 Å². The number of fused-ring (bicyclic) bond motifs is 1. The van der Waals surface area contributed by atoms with Gasteiger partial charge in [0.2, 0.25) is 5.91 Å². The highest BCUT2D eigenvalue weighted by Gasteiger charge is 2.37. The van der Waals surface area contributed by atoms with Crippen LogP contribution in [0.5, 0.6) is 5.75 Å². The van der Waals surface area contributed by atoms with Crippen molar-refractivity contribution in [3.8, 4) is 5.75 Å². The van der Waals surface area contributed by atoms with Crippen molar-refractivity contribution in [1.82, 2.24) is 10.2 Å². The zero-order valence-electron chi connectivity index (χ0n) is 15.7. The van der Waals surface area contributed by atoms with Crippen LogP contribution in [0.2, 0.25) is 0 Å². The van der Waals surface area contributed by atoms with Crippen molar-refractivity contribution >= 4 is 5.91 Å². The number of piperidine rings is 1. The summed E-state index contributed by atoms with van der Waals surface area (Å²) in [5, 5.41) is 3.73. The number of benzene rings is 1. The zero-order chi connectivity index (χ0) is 17.6. The molecule has 2 unspecified atom stereocenters. The predicted octanol–water partition coefficient (Wildman–Crippen LogP) is 3.14. The molecule has 2 fully saturated rings. The van der Waals surface area contributed by atoms with Crippen LogP contribution >= 0.6 is 0 Å². The average Bonchev–Trinajstić information content (AvgIpc) is 3.35.